The molecule has 0 saturated heterocycles. The van der Waals surface area contributed by atoms with Gasteiger partial charge >= 0.3 is 6.36 Å². The Hall–Kier alpha value is -1.28. The molecule has 0 aliphatic heterocycles. The molecule has 1 aromatic rings. The Morgan fingerprint density at radius 3 is 2.42 bits per heavy atom. The van der Waals surface area contributed by atoms with Crippen LogP contribution in [0.1, 0.15) is 11.1 Å². The molecule has 8 heteroatoms. The van der Waals surface area contributed by atoms with Crippen LogP contribution in [0.3, 0.4) is 0 Å². The molecule has 108 valence electrons. The van der Waals surface area contributed by atoms with E-state index in [2.05, 4.69) is 4.74 Å². The van der Waals surface area contributed by atoms with Gasteiger partial charge in [0.15, 0.2) is 9.84 Å². The van der Waals surface area contributed by atoms with Gasteiger partial charge in [0.2, 0.25) is 0 Å². The summed E-state index contributed by atoms with van der Waals surface area (Å²) in [6.45, 7) is 1.53. The molecule has 0 unspecified atom stereocenters. The van der Waals surface area contributed by atoms with Gasteiger partial charge in [-0.15, -0.1) is 13.2 Å². The summed E-state index contributed by atoms with van der Waals surface area (Å²) in [4.78, 5) is 0. The highest BCUT2D eigenvalue weighted by Gasteiger charge is 2.31. The normalized spacial score (nSPS) is 12.5. The predicted molar refractivity (Wildman–Crippen MR) is 64.4 cm³/mol. The highest BCUT2D eigenvalue weighted by molar-refractivity contribution is 7.90. The summed E-state index contributed by atoms with van der Waals surface area (Å²) in [5, 5.41) is 0. The molecule has 0 atom stereocenters. The molecule has 0 aromatic heterocycles. The lowest BCUT2D eigenvalue weighted by Gasteiger charge is -2.11. The van der Waals surface area contributed by atoms with Gasteiger partial charge in [-0.05, 0) is 30.2 Å². The Balaban J connectivity index is 2.97. The van der Waals surface area contributed by atoms with E-state index in [1.807, 2.05) is 0 Å². The summed E-state index contributed by atoms with van der Waals surface area (Å²) < 4.78 is 63.2. The number of nitrogens with two attached hydrogens (primary N) is 1. The van der Waals surface area contributed by atoms with Crippen molar-refractivity contribution >= 4 is 9.84 Å². The van der Waals surface area contributed by atoms with Crippen LogP contribution in [-0.2, 0) is 15.6 Å². The van der Waals surface area contributed by atoms with E-state index in [9.17, 15) is 21.6 Å². The molecule has 2 N–H and O–H groups in total. The minimum atomic E-state index is -4.80. The first-order valence-corrected chi connectivity index (χ1v) is 7.20. The number of rotatable bonds is 5. The lowest BCUT2D eigenvalue weighted by atomic mass is 10.1. The number of sulfone groups is 1. The molecule has 0 radical (unpaired) electrons. The van der Waals surface area contributed by atoms with Gasteiger partial charge in [-0.2, -0.15) is 0 Å². The molecule has 4 nitrogen and oxygen atoms in total. The number of benzene rings is 1. The fraction of sp³-hybridized carbons (Fsp3) is 0.455. The van der Waals surface area contributed by atoms with Gasteiger partial charge in [0.1, 0.15) is 5.75 Å². The lowest BCUT2D eigenvalue weighted by Crippen LogP contribution is -2.18. The third-order valence-corrected chi connectivity index (χ3v) is 3.79. The molecule has 0 amide bonds. The maximum Gasteiger partial charge on any atom is 0.573 e. The Morgan fingerprint density at radius 2 is 1.89 bits per heavy atom. The number of hydrogen-bond acceptors (Lipinski definition) is 4. The molecule has 0 spiro atoms. The van der Waals surface area contributed by atoms with Gasteiger partial charge in [-0.3, -0.25) is 0 Å². The van der Waals surface area contributed by atoms with Crippen molar-refractivity contribution in [1.82, 2.24) is 0 Å². The first-order chi connectivity index (χ1) is 8.61. The number of alkyl halides is 3. The van der Waals surface area contributed by atoms with Crippen molar-refractivity contribution in [2.24, 2.45) is 5.73 Å². The van der Waals surface area contributed by atoms with Crippen molar-refractivity contribution in [2.45, 2.75) is 19.0 Å². The van der Waals surface area contributed by atoms with Crippen LogP contribution < -0.4 is 10.5 Å². The molecular formula is C11H14F3NO3S. The molecule has 1 rings (SSSR count). The standard InChI is InChI=1S/C11H14F3NO3S/c1-8-4-9(7-19(16,17)3-2-15)6-10(5-8)18-11(12,13)14/h4-6H,2-3,7,15H2,1H3. The van der Waals surface area contributed by atoms with Crippen LogP contribution in [0.2, 0.25) is 0 Å². The highest BCUT2D eigenvalue weighted by Crippen LogP contribution is 2.25. The molecule has 0 fully saturated rings. The number of aryl methyl sites for hydroxylation is 1. The summed E-state index contributed by atoms with van der Waals surface area (Å²) in [5.41, 5.74) is 5.89. The second-order valence-electron chi connectivity index (χ2n) is 4.08. The molecule has 0 saturated carbocycles. The molecule has 0 aliphatic rings. The molecule has 19 heavy (non-hydrogen) atoms. The van der Waals surface area contributed by atoms with Crippen LogP contribution in [-0.4, -0.2) is 27.1 Å². The monoisotopic (exact) mass is 297 g/mol. The van der Waals surface area contributed by atoms with E-state index in [1.54, 1.807) is 6.92 Å². The summed E-state index contributed by atoms with van der Waals surface area (Å²) in [5.74, 6) is -0.998. The van der Waals surface area contributed by atoms with Crippen molar-refractivity contribution in [2.75, 3.05) is 12.3 Å². The predicted octanol–water partition coefficient (Wildman–Crippen LogP) is 1.77. The van der Waals surface area contributed by atoms with Gasteiger partial charge in [0, 0.05) is 6.54 Å². The number of hydrogen-bond donors (Lipinski definition) is 1. The van der Waals surface area contributed by atoms with Gasteiger partial charge in [0.25, 0.3) is 0 Å². The smallest absolute Gasteiger partial charge is 0.406 e. The number of halogens is 3. The van der Waals surface area contributed by atoms with E-state index in [4.69, 9.17) is 5.73 Å². The van der Waals surface area contributed by atoms with Gasteiger partial charge in [-0.1, -0.05) is 6.07 Å². The molecule has 0 heterocycles. The minimum Gasteiger partial charge on any atom is -0.406 e. The average Bonchev–Trinajstić information content (AvgIpc) is 2.11. The van der Waals surface area contributed by atoms with Crippen LogP contribution in [0, 0.1) is 6.92 Å². The zero-order chi connectivity index (χ0) is 14.7. The maximum absolute atomic E-state index is 12.1. The van der Waals surface area contributed by atoms with Crippen molar-refractivity contribution in [3.63, 3.8) is 0 Å². The second-order valence-corrected chi connectivity index (χ2v) is 6.27. The van der Waals surface area contributed by atoms with Crippen molar-refractivity contribution in [3.05, 3.63) is 29.3 Å². The van der Waals surface area contributed by atoms with Crippen molar-refractivity contribution in [1.29, 1.82) is 0 Å². The van der Waals surface area contributed by atoms with E-state index in [1.165, 1.54) is 12.1 Å². The number of ether oxygens (including phenoxy) is 1. The van der Waals surface area contributed by atoms with Gasteiger partial charge < -0.3 is 10.5 Å². The largest absolute Gasteiger partial charge is 0.573 e. The fourth-order valence-electron chi connectivity index (χ4n) is 1.61. The average molecular weight is 297 g/mol. The van der Waals surface area contributed by atoms with Crippen LogP contribution in [0.15, 0.2) is 18.2 Å². The third kappa shape index (κ3) is 5.93. The van der Waals surface area contributed by atoms with Crippen LogP contribution in [0.4, 0.5) is 13.2 Å². The zero-order valence-electron chi connectivity index (χ0n) is 10.2. The Morgan fingerprint density at radius 1 is 1.26 bits per heavy atom. The maximum atomic E-state index is 12.1. The lowest BCUT2D eigenvalue weighted by molar-refractivity contribution is -0.274. The summed E-state index contributed by atoms with van der Waals surface area (Å²) >= 11 is 0. The van der Waals surface area contributed by atoms with E-state index >= 15 is 0 Å². The van der Waals surface area contributed by atoms with Crippen molar-refractivity contribution in [3.8, 4) is 5.75 Å². The van der Waals surface area contributed by atoms with E-state index in [0.29, 0.717) is 5.56 Å². The first kappa shape index (κ1) is 15.8. The molecular weight excluding hydrogens is 283 g/mol. The summed E-state index contributed by atoms with van der Waals surface area (Å²) in [6.07, 6.45) is -4.80. The van der Waals surface area contributed by atoms with Crippen molar-refractivity contribution < 1.29 is 26.3 Å². The van der Waals surface area contributed by atoms with Crippen LogP contribution in [0.5, 0.6) is 5.75 Å². The van der Waals surface area contributed by atoms with Gasteiger partial charge in [0.05, 0.1) is 11.5 Å². The van der Waals surface area contributed by atoms with Gasteiger partial charge in [-0.25, -0.2) is 8.42 Å². The SMILES string of the molecule is Cc1cc(CS(=O)(=O)CCN)cc(OC(F)(F)F)c1. The Kier molecular flexibility index (Phi) is 4.81. The molecule has 0 bridgehead atoms. The third-order valence-electron chi connectivity index (χ3n) is 2.16. The quantitative estimate of drug-likeness (QED) is 0.899. The summed E-state index contributed by atoms with van der Waals surface area (Å²) in [7, 11) is -3.42. The second kappa shape index (κ2) is 5.79. The Bertz CT molecular complexity index is 541. The van der Waals surface area contributed by atoms with E-state index in [0.717, 1.165) is 6.07 Å². The van der Waals surface area contributed by atoms with E-state index < -0.39 is 21.9 Å². The fourth-order valence-corrected chi connectivity index (χ4v) is 2.78. The van der Waals surface area contributed by atoms with E-state index in [-0.39, 0.29) is 23.6 Å². The molecule has 0 aliphatic carbocycles. The topological polar surface area (TPSA) is 69.4 Å². The minimum absolute atomic E-state index is 0.0277. The van der Waals surface area contributed by atoms with Crippen LogP contribution in [0.25, 0.3) is 0 Å². The van der Waals surface area contributed by atoms with Crippen LogP contribution >= 0.6 is 0 Å². The highest BCUT2D eigenvalue weighted by atomic mass is 32.2. The summed E-state index contributed by atoms with van der Waals surface area (Å²) in [6, 6.07) is 3.75. The Labute approximate surface area is 109 Å². The zero-order valence-corrected chi connectivity index (χ0v) is 11.0. The first-order valence-electron chi connectivity index (χ1n) is 5.38. The molecule has 1 aromatic carbocycles.